The Labute approximate surface area is 92.4 Å². The number of rotatable bonds is 4. The highest BCUT2D eigenvalue weighted by atomic mass is 14.2. The number of fused-ring (bicyclic) bond motifs is 1. The van der Waals surface area contributed by atoms with Gasteiger partial charge >= 0.3 is 0 Å². The fraction of sp³-hybridized carbons (Fsp3) is 0.333. The van der Waals surface area contributed by atoms with Crippen molar-refractivity contribution < 1.29 is 0 Å². The van der Waals surface area contributed by atoms with Crippen molar-refractivity contribution in [2.75, 3.05) is 0 Å². The van der Waals surface area contributed by atoms with Gasteiger partial charge in [0.25, 0.3) is 0 Å². The van der Waals surface area contributed by atoms with E-state index < -0.39 is 0 Å². The van der Waals surface area contributed by atoms with Crippen LogP contribution in [0.25, 0.3) is 0 Å². The molecule has 0 N–H and O–H groups in total. The first-order valence-corrected chi connectivity index (χ1v) is 5.77. The summed E-state index contributed by atoms with van der Waals surface area (Å²) < 4.78 is 0. The van der Waals surface area contributed by atoms with E-state index in [1.807, 2.05) is 6.08 Å². The lowest BCUT2D eigenvalue weighted by molar-refractivity contribution is 0.819. The molecule has 0 aliphatic heterocycles. The first-order chi connectivity index (χ1) is 7.35. The highest BCUT2D eigenvalue weighted by Gasteiger charge is 2.16. The topological polar surface area (TPSA) is 0 Å². The predicted molar refractivity (Wildman–Crippen MR) is 66.6 cm³/mol. The molecule has 2 aliphatic carbocycles. The maximum atomic E-state index is 3.79. The second-order valence-electron chi connectivity index (χ2n) is 4.19. The zero-order valence-corrected chi connectivity index (χ0v) is 9.37. The Morgan fingerprint density at radius 2 is 2.20 bits per heavy atom. The van der Waals surface area contributed by atoms with Crippen molar-refractivity contribution in [2.45, 2.75) is 26.2 Å². The molecule has 0 saturated carbocycles. The highest BCUT2D eigenvalue weighted by molar-refractivity contribution is 5.60. The minimum Gasteiger partial charge on any atom is -0.103 e. The van der Waals surface area contributed by atoms with Crippen molar-refractivity contribution in [3.8, 4) is 0 Å². The van der Waals surface area contributed by atoms with Gasteiger partial charge in [-0.05, 0) is 35.5 Å². The summed E-state index contributed by atoms with van der Waals surface area (Å²) in [6, 6.07) is 0. The molecular formula is C15H18. The lowest BCUT2D eigenvalue weighted by Gasteiger charge is -2.14. The maximum absolute atomic E-state index is 3.79. The van der Waals surface area contributed by atoms with E-state index in [0.29, 0.717) is 5.92 Å². The van der Waals surface area contributed by atoms with E-state index >= 15 is 0 Å². The molecule has 1 unspecified atom stereocenters. The van der Waals surface area contributed by atoms with Gasteiger partial charge < -0.3 is 0 Å². The summed E-state index contributed by atoms with van der Waals surface area (Å²) >= 11 is 0. The van der Waals surface area contributed by atoms with Gasteiger partial charge in [-0.1, -0.05) is 49.8 Å². The van der Waals surface area contributed by atoms with Gasteiger partial charge in [-0.25, -0.2) is 0 Å². The van der Waals surface area contributed by atoms with E-state index in [0.717, 1.165) is 6.42 Å². The van der Waals surface area contributed by atoms with Gasteiger partial charge in [0.2, 0.25) is 0 Å². The van der Waals surface area contributed by atoms with Crippen molar-refractivity contribution in [3.05, 3.63) is 59.8 Å². The fourth-order valence-corrected chi connectivity index (χ4v) is 2.24. The number of allylic oxidation sites excluding steroid dienone is 9. The molecule has 0 heterocycles. The van der Waals surface area contributed by atoms with Crippen molar-refractivity contribution in [2.24, 2.45) is 5.92 Å². The third-order valence-electron chi connectivity index (χ3n) is 2.98. The van der Waals surface area contributed by atoms with Gasteiger partial charge in [-0.2, -0.15) is 0 Å². The molecule has 0 heteroatoms. The van der Waals surface area contributed by atoms with E-state index in [-0.39, 0.29) is 0 Å². The lowest BCUT2D eigenvalue weighted by Crippen LogP contribution is -1.98. The molecule has 1 atom stereocenters. The predicted octanol–water partition coefficient (Wildman–Crippen LogP) is 4.34. The lowest BCUT2D eigenvalue weighted by atomic mass is 9.91. The van der Waals surface area contributed by atoms with Crippen molar-refractivity contribution >= 4 is 0 Å². The van der Waals surface area contributed by atoms with Crippen molar-refractivity contribution in [1.82, 2.24) is 0 Å². The van der Waals surface area contributed by atoms with E-state index in [1.54, 1.807) is 0 Å². The Kier molecular flexibility index (Phi) is 3.05. The minimum atomic E-state index is 0.548. The molecular weight excluding hydrogens is 180 g/mol. The summed E-state index contributed by atoms with van der Waals surface area (Å²) in [6.07, 6.45) is 16.9. The summed E-state index contributed by atoms with van der Waals surface area (Å²) in [7, 11) is 0. The zero-order chi connectivity index (χ0) is 10.7. The van der Waals surface area contributed by atoms with Crippen LogP contribution < -0.4 is 0 Å². The van der Waals surface area contributed by atoms with Crippen molar-refractivity contribution in [1.29, 1.82) is 0 Å². The van der Waals surface area contributed by atoms with Crippen LogP contribution in [0.15, 0.2) is 59.8 Å². The van der Waals surface area contributed by atoms with Crippen LogP contribution in [-0.2, 0) is 0 Å². The first-order valence-electron chi connectivity index (χ1n) is 5.77. The molecule has 0 aromatic rings. The monoisotopic (exact) mass is 198 g/mol. The normalized spacial score (nSPS) is 23.0. The molecule has 0 spiro atoms. The average molecular weight is 198 g/mol. The molecule has 0 amide bonds. The summed E-state index contributed by atoms with van der Waals surface area (Å²) in [5.74, 6) is 0.548. The highest BCUT2D eigenvalue weighted by Crippen LogP contribution is 2.33. The van der Waals surface area contributed by atoms with Crippen LogP contribution >= 0.6 is 0 Å². The minimum absolute atomic E-state index is 0.548. The Hall–Kier alpha value is -1.30. The van der Waals surface area contributed by atoms with E-state index in [9.17, 15) is 0 Å². The van der Waals surface area contributed by atoms with Crippen LogP contribution in [0.5, 0.6) is 0 Å². The van der Waals surface area contributed by atoms with Crippen LogP contribution in [0.1, 0.15) is 26.2 Å². The standard InChI is InChI=1S/C15H18/c1-3-5-12-7-10-15-13(6-4-2)8-9-14(15)11-12/h3,7-12H,1,4-6H2,2H3. The third-order valence-corrected chi connectivity index (χ3v) is 2.98. The van der Waals surface area contributed by atoms with Gasteiger partial charge in [0.05, 0.1) is 0 Å². The van der Waals surface area contributed by atoms with Gasteiger partial charge in [-0.15, -0.1) is 6.58 Å². The van der Waals surface area contributed by atoms with Gasteiger partial charge in [0.1, 0.15) is 0 Å². The van der Waals surface area contributed by atoms with Gasteiger partial charge in [-0.3, -0.25) is 0 Å². The molecule has 0 nitrogen and oxygen atoms in total. The molecule has 2 rings (SSSR count). The van der Waals surface area contributed by atoms with Crippen molar-refractivity contribution in [3.63, 3.8) is 0 Å². The molecule has 78 valence electrons. The SMILES string of the molecule is C=CCC1C=CC2=C(CCC)C=CC2=C1. The van der Waals surface area contributed by atoms with Gasteiger partial charge in [0.15, 0.2) is 0 Å². The van der Waals surface area contributed by atoms with Gasteiger partial charge in [0, 0.05) is 0 Å². The number of hydrogen-bond donors (Lipinski definition) is 0. The van der Waals surface area contributed by atoms with Crippen LogP contribution in [0.4, 0.5) is 0 Å². The number of hydrogen-bond acceptors (Lipinski definition) is 0. The fourth-order valence-electron chi connectivity index (χ4n) is 2.24. The quantitative estimate of drug-likeness (QED) is 0.589. The van der Waals surface area contributed by atoms with E-state index in [2.05, 4.69) is 43.9 Å². The Bertz CT molecular complexity index is 375. The largest absolute Gasteiger partial charge is 0.103 e. The smallest absolute Gasteiger partial charge is 0.000653 e. The molecule has 0 bridgehead atoms. The molecule has 0 aromatic carbocycles. The molecule has 0 aromatic heterocycles. The van der Waals surface area contributed by atoms with E-state index in [4.69, 9.17) is 0 Å². The second-order valence-corrected chi connectivity index (χ2v) is 4.19. The summed E-state index contributed by atoms with van der Waals surface area (Å²) in [5.41, 5.74) is 4.35. The maximum Gasteiger partial charge on any atom is -0.000653 e. The zero-order valence-electron chi connectivity index (χ0n) is 9.37. The van der Waals surface area contributed by atoms with Crippen LogP contribution in [-0.4, -0.2) is 0 Å². The average Bonchev–Trinajstić information content (AvgIpc) is 2.62. The summed E-state index contributed by atoms with van der Waals surface area (Å²) in [4.78, 5) is 0. The molecule has 0 saturated heterocycles. The summed E-state index contributed by atoms with van der Waals surface area (Å²) in [6.45, 7) is 6.02. The van der Waals surface area contributed by atoms with Crippen LogP contribution in [0.2, 0.25) is 0 Å². The van der Waals surface area contributed by atoms with Crippen LogP contribution in [0, 0.1) is 5.92 Å². The second kappa shape index (κ2) is 4.48. The third kappa shape index (κ3) is 2.04. The first kappa shape index (κ1) is 10.2. The van der Waals surface area contributed by atoms with Crippen LogP contribution in [0.3, 0.4) is 0 Å². The Morgan fingerprint density at radius 1 is 1.33 bits per heavy atom. The van der Waals surface area contributed by atoms with E-state index in [1.165, 1.54) is 29.6 Å². The molecule has 0 radical (unpaired) electrons. The Balaban J connectivity index is 2.20. The molecule has 0 fully saturated rings. The Morgan fingerprint density at radius 3 is 2.93 bits per heavy atom. The molecule has 15 heavy (non-hydrogen) atoms. The summed E-state index contributed by atoms with van der Waals surface area (Å²) in [5, 5.41) is 0. The molecule has 2 aliphatic rings.